The fourth-order valence-corrected chi connectivity index (χ4v) is 3.88. The molecule has 0 bridgehead atoms. The summed E-state index contributed by atoms with van der Waals surface area (Å²) in [5.41, 5.74) is 9.53. The Hall–Kier alpha value is -3.24. The Morgan fingerprint density at radius 2 is 2.15 bits per heavy atom. The van der Waals surface area contributed by atoms with Gasteiger partial charge in [0, 0.05) is 35.1 Å². The number of amides is 1. The summed E-state index contributed by atoms with van der Waals surface area (Å²) in [6.45, 7) is 0. The molecule has 0 aliphatic carbocycles. The summed E-state index contributed by atoms with van der Waals surface area (Å²) in [6.07, 6.45) is 5.52. The second-order valence-electron chi connectivity index (χ2n) is 5.85. The Labute approximate surface area is 153 Å². The number of aliphatic imine (C=N–C) groups is 1. The van der Waals surface area contributed by atoms with Crippen LogP contribution in [0.25, 0.3) is 22.0 Å². The first-order valence-electron chi connectivity index (χ1n) is 7.92. The van der Waals surface area contributed by atoms with Gasteiger partial charge in [-0.3, -0.25) is 14.8 Å². The Morgan fingerprint density at radius 3 is 2.85 bits per heavy atom. The van der Waals surface area contributed by atoms with E-state index in [1.807, 2.05) is 30.3 Å². The number of aromatic nitrogens is 2. The summed E-state index contributed by atoms with van der Waals surface area (Å²) in [5.74, 6) is -0.205. The molecule has 1 aliphatic heterocycles. The van der Waals surface area contributed by atoms with Gasteiger partial charge >= 0.3 is 0 Å². The van der Waals surface area contributed by atoms with E-state index in [-0.39, 0.29) is 11.2 Å². The van der Waals surface area contributed by atoms with Crippen molar-refractivity contribution >= 4 is 33.7 Å². The van der Waals surface area contributed by atoms with Crippen LogP contribution in [-0.2, 0) is 11.2 Å². The summed E-state index contributed by atoms with van der Waals surface area (Å²) in [5, 5.41) is 10.4. The van der Waals surface area contributed by atoms with E-state index in [1.54, 1.807) is 18.6 Å². The number of hydrogen-bond acceptors (Lipinski definition) is 6. The molecule has 1 unspecified atom stereocenters. The van der Waals surface area contributed by atoms with Gasteiger partial charge in [-0.15, -0.1) is 0 Å². The van der Waals surface area contributed by atoms with Crippen LogP contribution in [-0.4, -0.2) is 26.3 Å². The summed E-state index contributed by atoms with van der Waals surface area (Å²) in [6, 6.07) is 11.8. The number of rotatable bonds is 3. The van der Waals surface area contributed by atoms with E-state index in [0.29, 0.717) is 17.2 Å². The fourth-order valence-electron chi connectivity index (χ4n) is 3.02. The maximum Gasteiger partial charge on any atom is 0.261 e. The number of pyridine rings is 2. The van der Waals surface area contributed by atoms with Crippen LogP contribution < -0.4 is 5.73 Å². The number of thioether (sulfide) groups is 1. The van der Waals surface area contributed by atoms with Crippen LogP contribution in [0.2, 0.25) is 0 Å². The molecule has 1 aliphatic rings. The van der Waals surface area contributed by atoms with E-state index in [2.05, 4.69) is 21.0 Å². The number of hydrogen-bond donors (Lipinski definition) is 1. The molecule has 0 spiro atoms. The molecule has 3 aromatic rings. The number of nitrogens with zero attached hydrogens (tertiary/aromatic N) is 4. The number of carbonyl (C=O) groups excluding carboxylic acids is 1. The molecule has 3 heterocycles. The van der Waals surface area contributed by atoms with Crippen LogP contribution >= 0.6 is 11.8 Å². The average Bonchev–Trinajstić information content (AvgIpc) is 2.98. The van der Waals surface area contributed by atoms with Crippen molar-refractivity contribution in [3.05, 3.63) is 60.0 Å². The normalized spacial score (nSPS) is 16.5. The van der Waals surface area contributed by atoms with Crippen LogP contribution in [0.5, 0.6) is 0 Å². The minimum absolute atomic E-state index is 0.205. The minimum atomic E-state index is -0.304. The van der Waals surface area contributed by atoms with Crippen molar-refractivity contribution in [3.63, 3.8) is 0 Å². The van der Waals surface area contributed by atoms with Gasteiger partial charge in [0.2, 0.25) is 0 Å². The molecule has 4 rings (SSSR count). The zero-order valence-corrected chi connectivity index (χ0v) is 14.4. The maximum absolute atomic E-state index is 11.9. The van der Waals surface area contributed by atoms with E-state index < -0.39 is 0 Å². The fraction of sp³-hybridized carbons (Fsp3) is 0.105. The molecule has 6 nitrogen and oxygen atoms in total. The van der Waals surface area contributed by atoms with Gasteiger partial charge in [0.1, 0.15) is 6.07 Å². The molecule has 2 N–H and O–H groups in total. The van der Waals surface area contributed by atoms with Crippen LogP contribution in [0.4, 0.5) is 0 Å². The van der Waals surface area contributed by atoms with E-state index in [1.165, 1.54) is 11.8 Å². The van der Waals surface area contributed by atoms with Crippen molar-refractivity contribution in [2.75, 3.05) is 0 Å². The molecule has 2 aromatic heterocycles. The minimum Gasteiger partial charge on any atom is -0.378 e. The highest BCUT2D eigenvalue weighted by Gasteiger charge is 2.27. The second-order valence-corrected chi connectivity index (χ2v) is 7.07. The molecule has 0 fully saturated rings. The number of nitrogens with two attached hydrogens (primary N) is 1. The maximum atomic E-state index is 11.9. The van der Waals surface area contributed by atoms with Crippen molar-refractivity contribution in [2.24, 2.45) is 10.7 Å². The molecule has 1 atom stereocenters. The molecule has 1 aromatic carbocycles. The van der Waals surface area contributed by atoms with Gasteiger partial charge in [-0.25, -0.2) is 0 Å². The predicted molar refractivity (Wildman–Crippen MR) is 101 cm³/mol. The van der Waals surface area contributed by atoms with Crippen molar-refractivity contribution < 1.29 is 4.79 Å². The third kappa shape index (κ3) is 2.91. The van der Waals surface area contributed by atoms with Gasteiger partial charge < -0.3 is 5.73 Å². The molecule has 0 radical (unpaired) electrons. The van der Waals surface area contributed by atoms with Crippen LogP contribution in [0.15, 0.2) is 53.9 Å². The number of nitriles is 1. The monoisotopic (exact) mass is 359 g/mol. The summed E-state index contributed by atoms with van der Waals surface area (Å²) >= 11 is 1.28. The smallest absolute Gasteiger partial charge is 0.261 e. The summed E-state index contributed by atoms with van der Waals surface area (Å²) in [4.78, 5) is 24.2. The Morgan fingerprint density at radius 1 is 1.27 bits per heavy atom. The largest absolute Gasteiger partial charge is 0.378 e. The highest BCUT2D eigenvalue weighted by molar-refractivity contribution is 8.15. The average molecular weight is 359 g/mol. The molecule has 0 saturated carbocycles. The van der Waals surface area contributed by atoms with Gasteiger partial charge in [-0.2, -0.15) is 10.3 Å². The molecule has 1 amide bonds. The lowest BCUT2D eigenvalue weighted by Gasteiger charge is -2.11. The van der Waals surface area contributed by atoms with E-state index >= 15 is 0 Å². The molecular weight excluding hydrogens is 346 g/mol. The van der Waals surface area contributed by atoms with Crippen molar-refractivity contribution in [1.29, 1.82) is 5.26 Å². The lowest BCUT2D eigenvalue weighted by Crippen LogP contribution is -2.14. The second kappa shape index (κ2) is 6.58. The van der Waals surface area contributed by atoms with Gasteiger partial charge in [0.15, 0.2) is 5.17 Å². The standard InChI is InChI=1S/C19H13N5OS/c20-8-13-10-23-15-4-3-11(7-16-18(25)24-19(21)26-16)6-14(15)17(13)12-2-1-5-22-9-12/h1-6,9-10,16H,7H2,(H2,21,24,25). The molecule has 26 heavy (non-hydrogen) atoms. The SMILES string of the molecule is N#Cc1cnc2ccc(CC3SC(N)=NC3=O)cc2c1-c1cccnc1. The highest BCUT2D eigenvalue weighted by Crippen LogP contribution is 2.32. The quantitative estimate of drug-likeness (QED) is 0.771. The number of fused-ring (bicyclic) bond motifs is 1. The Kier molecular flexibility index (Phi) is 4.11. The van der Waals surface area contributed by atoms with Crippen molar-refractivity contribution in [2.45, 2.75) is 11.7 Å². The van der Waals surface area contributed by atoms with Crippen molar-refractivity contribution in [3.8, 4) is 17.2 Å². The predicted octanol–water partition coefficient (Wildman–Crippen LogP) is 2.67. The molecule has 126 valence electrons. The summed E-state index contributed by atoms with van der Waals surface area (Å²) < 4.78 is 0. The zero-order valence-electron chi connectivity index (χ0n) is 13.6. The third-order valence-corrected chi connectivity index (χ3v) is 5.17. The number of amidine groups is 1. The lowest BCUT2D eigenvalue weighted by molar-refractivity contribution is -0.117. The summed E-state index contributed by atoms with van der Waals surface area (Å²) in [7, 11) is 0. The van der Waals surface area contributed by atoms with Gasteiger partial charge in [-0.1, -0.05) is 23.9 Å². The molecule has 0 saturated heterocycles. The van der Waals surface area contributed by atoms with Crippen LogP contribution in [0.1, 0.15) is 11.1 Å². The van der Waals surface area contributed by atoms with Crippen LogP contribution in [0.3, 0.4) is 0 Å². The third-order valence-electron chi connectivity index (χ3n) is 4.18. The molecular formula is C19H13N5OS. The Balaban J connectivity index is 1.82. The van der Waals surface area contributed by atoms with Crippen molar-refractivity contribution in [1.82, 2.24) is 9.97 Å². The highest BCUT2D eigenvalue weighted by atomic mass is 32.2. The van der Waals surface area contributed by atoms with E-state index in [0.717, 1.165) is 27.6 Å². The zero-order chi connectivity index (χ0) is 18.1. The van der Waals surface area contributed by atoms with E-state index in [4.69, 9.17) is 5.73 Å². The Bertz CT molecular complexity index is 1090. The first kappa shape index (κ1) is 16.2. The number of carbonyl (C=O) groups is 1. The first-order valence-corrected chi connectivity index (χ1v) is 8.80. The molecule has 7 heteroatoms. The topological polar surface area (TPSA) is 105 Å². The van der Waals surface area contributed by atoms with Gasteiger partial charge in [0.25, 0.3) is 5.91 Å². The lowest BCUT2D eigenvalue weighted by atomic mass is 9.96. The van der Waals surface area contributed by atoms with E-state index in [9.17, 15) is 10.1 Å². The van der Waals surface area contributed by atoms with Gasteiger partial charge in [-0.05, 0) is 30.2 Å². The van der Waals surface area contributed by atoms with Gasteiger partial charge in [0.05, 0.1) is 16.3 Å². The van der Waals surface area contributed by atoms with Crippen LogP contribution in [0, 0.1) is 11.3 Å². The number of benzene rings is 1. The first-order chi connectivity index (χ1) is 12.7.